The second kappa shape index (κ2) is 5.90. The van der Waals surface area contributed by atoms with Crippen LogP contribution >= 0.6 is 11.6 Å². The van der Waals surface area contributed by atoms with E-state index in [1.165, 1.54) is 12.0 Å². The third-order valence-electron chi connectivity index (χ3n) is 4.10. The molecule has 0 bridgehead atoms. The standard InChI is InChI=1S/C16H18ClN3/c1-12(15-4-2-3-8-18-15)20-9-7-14(11-20)13-5-6-16(17)19-10-13/h2-6,8,10,12,14H,7,9,11H2,1H3/t12-,14-/m0/s1. The molecule has 2 aromatic rings. The van der Waals surface area contributed by atoms with Crippen molar-refractivity contribution in [2.24, 2.45) is 0 Å². The number of likely N-dealkylation sites (tertiary alicyclic amines) is 1. The molecular weight excluding hydrogens is 270 g/mol. The summed E-state index contributed by atoms with van der Waals surface area (Å²) >= 11 is 5.85. The van der Waals surface area contributed by atoms with E-state index in [1.807, 2.05) is 24.5 Å². The lowest BCUT2D eigenvalue weighted by Crippen LogP contribution is -2.24. The molecule has 0 saturated carbocycles. The SMILES string of the molecule is C[C@@H](c1ccccn1)N1CC[C@H](c2ccc(Cl)nc2)C1. The highest BCUT2D eigenvalue weighted by Crippen LogP contribution is 2.32. The monoisotopic (exact) mass is 287 g/mol. The van der Waals surface area contributed by atoms with Crippen molar-refractivity contribution in [2.45, 2.75) is 25.3 Å². The van der Waals surface area contributed by atoms with Crippen LogP contribution in [0.2, 0.25) is 5.15 Å². The van der Waals surface area contributed by atoms with Gasteiger partial charge in [0.25, 0.3) is 0 Å². The van der Waals surface area contributed by atoms with Crippen molar-refractivity contribution < 1.29 is 0 Å². The average Bonchev–Trinajstić information content (AvgIpc) is 2.98. The number of rotatable bonds is 3. The smallest absolute Gasteiger partial charge is 0.129 e. The van der Waals surface area contributed by atoms with E-state index in [4.69, 9.17) is 11.6 Å². The highest BCUT2D eigenvalue weighted by molar-refractivity contribution is 6.29. The number of aromatic nitrogens is 2. The summed E-state index contributed by atoms with van der Waals surface area (Å²) in [6, 6.07) is 10.4. The zero-order chi connectivity index (χ0) is 13.9. The van der Waals surface area contributed by atoms with E-state index in [1.54, 1.807) is 0 Å². The van der Waals surface area contributed by atoms with Crippen LogP contribution in [-0.2, 0) is 0 Å². The van der Waals surface area contributed by atoms with E-state index < -0.39 is 0 Å². The number of hydrogen-bond acceptors (Lipinski definition) is 3. The van der Waals surface area contributed by atoms with Gasteiger partial charge in [-0.25, -0.2) is 4.98 Å². The maximum absolute atomic E-state index is 5.85. The highest BCUT2D eigenvalue weighted by Gasteiger charge is 2.28. The van der Waals surface area contributed by atoms with Crippen LogP contribution in [0.25, 0.3) is 0 Å². The highest BCUT2D eigenvalue weighted by atomic mass is 35.5. The Morgan fingerprint density at radius 2 is 2.15 bits per heavy atom. The zero-order valence-electron chi connectivity index (χ0n) is 11.5. The fourth-order valence-corrected chi connectivity index (χ4v) is 2.96. The Morgan fingerprint density at radius 3 is 2.85 bits per heavy atom. The van der Waals surface area contributed by atoms with Gasteiger partial charge in [-0.2, -0.15) is 0 Å². The van der Waals surface area contributed by atoms with Crippen molar-refractivity contribution in [3.63, 3.8) is 0 Å². The van der Waals surface area contributed by atoms with E-state index in [0.29, 0.717) is 17.1 Å². The van der Waals surface area contributed by atoms with E-state index in [9.17, 15) is 0 Å². The molecule has 0 aliphatic carbocycles. The zero-order valence-corrected chi connectivity index (χ0v) is 12.3. The molecule has 0 unspecified atom stereocenters. The summed E-state index contributed by atoms with van der Waals surface area (Å²) in [5.41, 5.74) is 2.42. The number of pyridine rings is 2. The van der Waals surface area contributed by atoms with Gasteiger partial charge in [-0.15, -0.1) is 0 Å². The topological polar surface area (TPSA) is 29.0 Å². The largest absolute Gasteiger partial charge is 0.294 e. The van der Waals surface area contributed by atoms with Crippen LogP contribution in [0.4, 0.5) is 0 Å². The van der Waals surface area contributed by atoms with Gasteiger partial charge in [0.15, 0.2) is 0 Å². The summed E-state index contributed by atoms with van der Waals surface area (Å²) in [4.78, 5) is 11.1. The molecule has 1 saturated heterocycles. The summed E-state index contributed by atoms with van der Waals surface area (Å²) in [7, 11) is 0. The Labute approximate surface area is 124 Å². The summed E-state index contributed by atoms with van der Waals surface area (Å²) in [6.07, 6.45) is 4.94. The lowest BCUT2D eigenvalue weighted by atomic mass is 10.0. The molecule has 0 amide bonds. The quantitative estimate of drug-likeness (QED) is 0.807. The molecule has 0 radical (unpaired) electrons. The van der Waals surface area contributed by atoms with Crippen molar-refractivity contribution >= 4 is 11.6 Å². The first-order chi connectivity index (χ1) is 9.74. The van der Waals surface area contributed by atoms with Crippen LogP contribution < -0.4 is 0 Å². The predicted octanol–water partition coefficient (Wildman–Crippen LogP) is 3.68. The van der Waals surface area contributed by atoms with E-state index in [-0.39, 0.29) is 0 Å². The number of nitrogens with zero attached hydrogens (tertiary/aromatic N) is 3. The first kappa shape index (κ1) is 13.5. The fourth-order valence-electron chi connectivity index (χ4n) is 2.85. The Morgan fingerprint density at radius 1 is 1.25 bits per heavy atom. The van der Waals surface area contributed by atoms with Crippen LogP contribution in [0.1, 0.15) is 36.6 Å². The lowest BCUT2D eigenvalue weighted by Gasteiger charge is -2.23. The molecule has 3 rings (SSSR count). The fraction of sp³-hybridized carbons (Fsp3) is 0.375. The Kier molecular flexibility index (Phi) is 3.99. The van der Waals surface area contributed by atoms with E-state index >= 15 is 0 Å². The molecule has 0 spiro atoms. The molecule has 20 heavy (non-hydrogen) atoms. The minimum absolute atomic E-state index is 0.362. The Hall–Kier alpha value is -1.45. The Bertz CT molecular complexity index is 556. The van der Waals surface area contributed by atoms with Gasteiger partial charge in [0.2, 0.25) is 0 Å². The van der Waals surface area contributed by atoms with E-state index in [2.05, 4.69) is 40.0 Å². The maximum atomic E-state index is 5.85. The Balaban J connectivity index is 1.69. The summed E-state index contributed by atoms with van der Waals surface area (Å²) in [5, 5.41) is 0.561. The van der Waals surface area contributed by atoms with Gasteiger partial charge < -0.3 is 0 Å². The van der Waals surface area contributed by atoms with Gasteiger partial charge >= 0.3 is 0 Å². The van der Waals surface area contributed by atoms with Crippen LogP contribution in [0, 0.1) is 0 Å². The normalized spacial score (nSPS) is 21.0. The predicted molar refractivity (Wildman–Crippen MR) is 80.8 cm³/mol. The molecule has 1 fully saturated rings. The van der Waals surface area contributed by atoms with Crippen LogP contribution in [0.5, 0.6) is 0 Å². The summed E-state index contributed by atoms with van der Waals surface area (Å²) in [5.74, 6) is 0.547. The van der Waals surface area contributed by atoms with Gasteiger partial charge in [-0.1, -0.05) is 23.7 Å². The average molecular weight is 288 g/mol. The van der Waals surface area contributed by atoms with Crippen LogP contribution in [0.3, 0.4) is 0 Å². The van der Waals surface area contributed by atoms with Crippen molar-refractivity contribution in [1.29, 1.82) is 0 Å². The molecule has 4 heteroatoms. The van der Waals surface area contributed by atoms with Gasteiger partial charge in [-0.3, -0.25) is 9.88 Å². The molecule has 1 aliphatic heterocycles. The molecule has 104 valence electrons. The second-order valence-corrected chi connectivity index (χ2v) is 5.71. The van der Waals surface area contributed by atoms with Crippen molar-refractivity contribution in [3.8, 4) is 0 Å². The van der Waals surface area contributed by atoms with Crippen molar-refractivity contribution in [2.75, 3.05) is 13.1 Å². The molecule has 3 nitrogen and oxygen atoms in total. The first-order valence-electron chi connectivity index (χ1n) is 7.00. The van der Waals surface area contributed by atoms with E-state index in [0.717, 1.165) is 18.8 Å². The maximum Gasteiger partial charge on any atom is 0.129 e. The third-order valence-corrected chi connectivity index (χ3v) is 4.33. The molecule has 1 aliphatic rings. The molecule has 0 N–H and O–H groups in total. The number of halogens is 1. The number of hydrogen-bond donors (Lipinski definition) is 0. The van der Waals surface area contributed by atoms with Crippen LogP contribution in [-0.4, -0.2) is 28.0 Å². The van der Waals surface area contributed by atoms with Gasteiger partial charge in [-0.05, 0) is 49.6 Å². The summed E-state index contributed by atoms with van der Waals surface area (Å²) < 4.78 is 0. The molecule has 3 heterocycles. The summed E-state index contributed by atoms with van der Waals surface area (Å²) in [6.45, 7) is 4.39. The van der Waals surface area contributed by atoms with Crippen LogP contribution in [0.15, 0.2) is 42.7 Å². The second-order valence-electron chi connectivity index (χ2n) is 5.33. The molecule has 2 aromatic heterocycles. The minimum atomic E-state index is 0.362. The van der Waals surface area contributed by atoms with Gasteiger partial charge in [0.05, 0.1) is 5.69 Å². The minimum Gasteiger partial charge on any atom is -0.294 e. The van der Waals surface area contributed by atoms with Crippen molar-refractivity contribution in [1.82, 2.24) is 14.9 Å². The third kappa shape index (κ3) is 2.84. The van der Waals surface area contributed by atoms with Gasteiger partial charge in [0.1, 0.15) is 5.15 Å². The molecule has 0 aromatic carbocycles. The first-order valence-corrected chi connectivity index (χ1v) is 7.38. The van der Waals surface area contributed by atoms with Crippen molar-refractivity contribution in [3.05, 3.63) is 59.1 Å². The lowest BCUT2D eigenvalue weighted by molar-refractivity contribution is 0.255. The molecular formula is C16H18ClN3. The molecule has 2 atom stereocenters. The van der Waals surface area contributed by atoms with Gasteiger partial charge in [0, 0.05) is 25.0 Å².